The molecule has 0 fully saturated rings. The van der Waals surface area contributed by atoms with E-state index in [1.807, 2.05) is 34.9 Å². The maximum absolute atomic E-state index is 10.7. The molecule has 2 rings (SSSR count). The first kappa shape index (κ1) is 18.6. The van der Waals surface area contributed by atoms with Crippen LogP contribution in [0, 0.1) is 10.1 Å². The summed E-state index contributed by atoms with van der Waals surface area (Å²) in [6, 6.07) is 6.43. The highest BCUT2D eigenvalue weighted by Gasteiger charge is 2.36. The number of non-ortho nitro benzene ring substituents is 1. The van der Waals surface area contributed by atoms with Crippen LogP contribution in [0.25, 0.3) is 5.69 Å². The van der Waals surface area contributed by atoms with Gasteiger partial charge in [-0.05, 0) is 12.1 Å². The number of imidazole rings is 1. The third-order valence-corrected chi connectivity index (χ3v) is 2.98. The molecule has 1 aromatic carbocycles. The summed E-state index contributed by atoms with van der Waals surface area (Å²) in [5.41, 5.74) is -4.64. The van der Waals surface area contributed by atoms with Crippen molar-refractivity contribution in [3.8, 4) is 5.69 Å². The second kappa shape index (κ2) is 6.75. The molecular formula is C11H10F3N3O5S. The highest BCUT2D eigenvalue weighted by molar-refractivity contribution is 7.86. The fourth-order valence-corrected chi connectivity index (χ4v) is 1.35. The molecule has 0 atom stereocenters. The zero-order chi connectivity index (χ0) is 17.8. The molecule has 0 aliphatic heterocycles. The molecule has 8 nitrogen and oxygen atoms in total. The van der Waals surface area contributed by atoms with Crippen LogP contribution in [0.15, 0.2) is 43.0 Å². The van der Waals surface area contributed by atoms with Gasteiger partial charge < -0.3 is 4.55 Å². The summed E-state index contributed by atoms with van der Waals surface area (Å²) < 4.78 is 62.7. The Kier molecular flexibility index (Phi) is 5.45. The van der Waals surface area contributed by atoms with E-state index < -0.39 is 20.5 Å². The monoisotopic (exact) mass is 353 g/mol. The Morgan fingerprint density at radius 3 is 2.00 bits per heavy atom. The number of nitro benzene ring substituents is 1. The molecular weight excluding hydrogens is 343 g/mol. The van der Waals surface area contributed by atoms with Gasteiger partial charge in [0.1, 0.15) is 18.1 Å². The summed E-state index contributed by atoms with van der Waals surface area (Å²) in [4.78, 5) is 10.0. The van der Waals surface area contributed by atoms with E-state index in [9.17, 15) is 23.3 Å². The lowest BCUT2D eigenvalue weighted by atomic mass is 10.3. The number of nitro groups is 1. The Morgan fingerprint density at radius 1 is 1.22 bits per heavy atom. The minimum Gasteiger partial charge on any atom is -0.741 e. The first-order chi connectivity index (χ1) is 10.4. The number of aromatic nitrogens is 2. The largest absolute Gasteiger partial charge is 0.741 e. The van der Waals surface area contributed by atoms with Crippen LogP contribution in [0.1, 0.15) is 0 Å². The smallest absolute Gasteiger partial charge is 0.485 e. The lowest BCUT2D eigenvalue weighted by molar-refractivity contribution is -0.670. The van der Waals surface area contributed by atoms with E-state index >= 15 is 0 Å². The molecule has 0 N–H and O–H groups in total. The first-order valence-electron chi connectivity index (χ1n) is 5.72. The number of benzene rings is 1. The van der Waals surface area contributed by atoms with Gasteiger partial charge in [-0.3, -0.25) is 10.1 Å². The summed E-state index contributed by atoms with van der Waals surface area (Å²) in [6.07, 6.45) is 5.68. The second-order valence-electron chi connectivity index (χ2n) is 4.16. The predicted molar refractivity (Wildman–Crippen MR) is 69.4 cm³/mol. The number of rotatable bonds is 2. The van der Waals surface area contributed by atoms with Gasteiger partial charge in [-0.2, -0.15) is 13.2 Å². The topological polar surface area (TPSA) is 109 Å². The van der Waals surface area contributed by atoms with Crippen molar-refractivity contribution in [2.24, 2.45) is 7.05 Å². The molecule has 0 amide bonds. The molecule has 0 spiro atoms. The highest BCUT2D eigenvalue weighted by atomic mass is 32.2. The third-order valence-electron chi connectivity index (χ3n) is 2.41. The van der Waals surface area contributed by atoms with Crippen LogP contribution >= 0.6 is 0 Å². The zero-order valence-corrected chi connectivity index (χ0v) is 12.3. The van der Waals surface area contributed by atoms with Crippen LogP contribution in [0.4, 0.5) is 18.9 Å². The van der Waals surface area contributed by atoms with Crippen LogP contribution in [0.2, 0.25) is 0 Å². The SMILES string of the molecule is C[n+]1ccn(-c2ccc([N+](=O)[O-])cc2)c1.O=S(=O)([O-])C(F)(F)F. The van der Waals surface area contributed by atoms with Crippen molar-refractivity contribution in [3.05, 3.63) is 53.1 Å². The van der Waals surface area contributed by atoms with Gasteiger partial charge in [0.25, 0.3) is 5.69 Å². The Morgan fingerprint density at radius 2 is 1.70 bits per heavy atom. The van der Waals surface area contributed by atoms with Crippen molar-refractivity contribution in [2.75, 3.05) is 0 Å². The van der Waals surface area contributed by atoms with E-state index in [2.05, 4.69) is 0 Å². The van der Waals surface area contributed by atoms with Gasteiger partial charge in [-0.25, -0.2) is 17.6 Å². The Labute approximate surface area is 128 Å². The Balaban J connectivity index is 0.000000284. The number of hydrogen-bond acceptors (Lipinski definition) is 5. The summed E-state index contributed by atoms with van der Waals surface area (Å²) in [5, 5.41) is 10.4. The van der Waals surface area contributed by atoms with E-state index in [0.29, 0.717) is 0 Å². The van der Waals surface area contributed by atoms with Gasteiger partial charge in [-0.1, -0.05) is 0 Å². The zero-order valence-electron chi connectivity index (χ0n) is 11.5. The van der Waals surface area contributed by atoms with Gasteiger partial charge in [0.15, 0.2) is 10.1 Å². The second-order valence-corrected chi connectivity index (χ2v) is 5.53. The van der Waals surface area contributed by atoms with E-state index in [4.69, 9.17) is 13.0 Å². The average molecular weight is 353 g/mol. The minimum atomic E-state index is -6.09. The van der Waals surface area contributed by atoms with Crippen molar-refractivity contribution in [3.63, 3.8) is 0 Å². The summed E-state index contributed by atoms with van der Waals surface area (Å²) in [5.74, 6) is 0. The molecule has 12 heteroatoms. The maximum Gasteiger partial charge on any atom is 0.485 e. The third kappa shape index (κ3) is 5.34. The van der Waals surface area contributed by atoms with E-state index in [-0.39, 0.29) is 5.69 Å². The summed E-state index contributed by atoms with van der Waals surface area (Å²) in [6.45, 7) is 0. The maximum atomic E-state index is 10.7. The molecule has 1 aromatic heterocycles. The van der Waals surface area contributed by atoms with Crippen molar-refractivity contribution >= 4 is 15.8 Å². The molecule has 2 aromatic rings. The van der Waals surface area contributed by atoms with Crippen LogP contribution in [-0.4, -0.2) is 28.0 Å². The highest BCUT2D eigenvalue weighted by Crippen LogP contribution is 2.20. The number of aryl methyl sites for hydroxylation is 1. The number of nitrogens with zero attached hydrogens (tertiary/aromatic N) is 3. The molecule has 0 aliphatic rings. The van der Waals surface area contributed by atoms with Crippen LogP contribution in [0.5, 0.6) is 0 Å². The molecule has 0 radical (unpaired) electrons. The molecule has 23 heavy (non-hydrogen) atoms. The van der Waals surface area contributed by atoms with Crippen molar-refractivity contribution in [2.45, 2.75) is 5.51 Å². The fraction of sp³-hybridized carbons (Fsp3) is 0.182. The van der Waals surface area contributed by atoms with Crippen molar-refractivity contribution in [1.29, 1.82) is 0 Å². The molecule has 0 saturated heterocycles. The molecule has 0 saturated carbocycles. The lowest BCUT2D eigenvalue weighted by Gasteiger charge is -2.08. The van der Waals surface area contributed by atoms with E-state index in [1.54, 1.807) is 12.1 Å². The Bertz CT molecular complexity index is 784. The minimum absolute atomic E-state index is 0.107. The van der Waals surface area contributed by atoms with Gasteiger partial charge >= 0.3 is 5.51 Å². The quantitative estimate of drug-likeness (QED) is 0.265. The lowest BCUT2D eigenvalue weighted by Crippen LogP contribution is -2.23. The average Bonchev–Trinajstić information content (AvgIpc) is 2.84. The van der Waals surface area contributed by atoms with Crippen molar-refractivity contribution < 1.29 is 35.6 Å². The molecule has 0 aliphatic carbocycles. The molecule has 1 heterocycles. The van der Waals surface area contributed by atoms with Crippen LogP contribution < -0.4 is 4.57 Å². The van der Waals surface area contributed by atoms with E-state index in [0.717, 1.165) is 5.69 Å². The molecule has 0 bridgehead atoms. The standard InChI is InChI=1S/C10H10N3O2.CHF3O3S/c1-11-6-7-12(8-11)9-2-4-10(5-3-9)13(14)15;2-1(3,4)8(5,6)7/h2-8H,1H3;(H,5,6,7)/q+1;/p-1. The predicted octanol–water partition coefficient (Wildman–Crippen LogP) is 1.26. The van der Waals surface area contributed by atoms with E-state index in [1.165, 1.54) is 12.1 Å². The fourth-order valence-electron chi connectivity index (χ4n) is 1.35. The first-order valence-corrected chi connectivity index (χ1v) is 7.13. The van der Waals surface area contributed by atoms with Gasteiger partial charge in [0.05, 0.1) is 12.0 Å². The normalized spacial score (nSPS) is 11.5. The van der Waals surface area contributed by atoms with Gasteiger partial charge in [0.2, 0.25) is 6.33 Å². The van der Waals surface area contributed by atoms with Gasteiger partial charge in [0, 0.05) is 12.1 Å². The summed E-state index contributed by atoms with van der Waals surface area (Å²) >= 11 is 0. The van der Waals surface area contributed by atoms with Crippen LogP contribution in [-0.2, 0) is 17.2 Å². The number of hydrogen-bond donors (Lipinski definition) is 0. The summed E-state index contributed by atoms with van der Waals surface area (Å²) in [7, 11) is -4.17. The Hall–Kier alpha value is -2.47. The van der Waals surface area contributed by atoms with Crippen LogP contribution in [0.3, 0.4) is 0 Å². The van der Waals surface area contributed by atoms with Gasteiger partial charge in [-0.15, -0.1) is 0 Å². The number of alkyl halides is 3. The molecule has 126 valence electrons. The number of halogens is 3. The van der Waals surface area contributed by atoms with Crippen molar-refractivity contribution in [1.82, 2.24) is 4.57 Å². The molecule has 0 unspecified atom stereocenters.